The highest BCUT2D eigenvalue weighted by molar-refractivity contribution is 5.69. The minimum atomic E-state index is -0.448. The molecule has 1 rings (SSSR count). The molecule has 0 unspecified atom stereocenters. The Balaban J connectivity index is 0.00000121. The van der Waals surface area contributed by atoms with E-state index in [-0.39, 0.29) is 1.43 Å². The number of hydrogen-bond donors (Lipinski definition) is 1. The molecule has 0 aromatic heterocycles. The van der Waals surface area contributed by atoms with E-state index in [1.54, 1.807) is 24.3 Å². The van der Waals surface area contributed by atoms with E-state index in [1.165, 1.54) is 7.05 Å². The lowest BCUT2D eigenvalue weighted by Crippen LogP contribution is -2.21. The summed E-state index contributed by atoms with van der Waals surface area (Å²) in [6, 6.07) is 8.90. The number of carbonyl (C=O) groups is 1. The van der Waals surface area contributed by atoms with Crippen molar-refractivity contribution in [1.82, 2.24) is 5.32 Å². The van der Waals surface area contributed by atoms with E-state index in [0.29, 0.717) is 5.75 Å². The molecular formula is C8H11NO2. The summed E-state index contributed by atoms with van der Waals surface area (Å²) in [5, 5.41) is 2.35. The SMILES string of the molecule is CNC(=O)Oc1ccccc1.[HH]. The summed E-state index contributed by atoms with van der Waals surface area (Å²) in [6.45, 7) is 0. The predicted octanol–water partition coefficient (Wildman–Crippen LogP) is 1.65. The van der Waals surface area contributed by atoms with Gasteiger partial charge in [0.2, 0.25) is 0 Å². The van der Waals surface area contributed by atoms with Crippen molar-refractivity contribution < 1.29 is 11.0 Å². The number of hydrogen-bond acceptors (Lipinski definition) is 2. The first kappa shape index (κ1) is 7.60. The van der Waals surface area contributed by atoms with Gasteiger partial charge < -0.3 is 10.1 Å². The van der Waals surface area contributed by atoms with Gasteiger partial charge in [-0.15, -0.1) is 0 Å². The molecule has 0 heterocycles. The van der Waals surface area contributed by atoms with Crippen molar-refractivity contribution >= 4 is 6.09 Å². The normalized spacial score (nSPS) is 8.82. The van der Waals surface area contributed by atoms with Crippen molar-refractivity contribution in [3.05, 3.63) is 30.3 Å². The quantitative estimate of drug-likeness (QED) is 0.666. The van der Waals surface area contributed by atoms with Gasteiger partial charge in [-0.25, -0.2) is 4.79 Å². The highest BCUT2D eigenvalue weighted by Gasteiger charge is 1.97. The highest BCUT2D eigenvalue weighted by atomic mass is 16.5. The first-order valence-corrected chi connectivity index (χ1v) is 3.27. The zero-order valence-electron chi connectivity index (χ0n) is 6.20. The lowest BCUT2D eigenvalue weighted by molar-refractivity contribution is 0.203. The zero-order chi connectivity index (χ0) is 8.10. The molecule has 3 heteroatoms. The van der Waals surface area contributed by atoms with Crippen molar-refractivity contribution in [1.29, 1.82) is 0 Å². The lowest BCUT2D eigenvalue weighted by atomic mass is 10.3. The minimum absolute atomic E-state index is 0. The Morgan fingerprint density at radius 2 is 2.09 bits per heavy atom. The molecule has 0 atom stereocenters. The number of para-hydroxylation sites is 1. The van der Waals surface area contributed by atoms with Crippen LogP contribution >= 0.6 is 0 Å². The van der Waals surface area contributed by atoms with Gasteiger partial charge in [0.05, 0.1) is 0 Å². The summed E-state index contributed by atoms with van der Waals surface area (Å²) in [6.07, 6.45) is -0.448. The third-order valence-corrected chi connectivity index (χ3v) is 1.16. The van der Waals surface area contributed by atoms with Crippen LogP contribution in [0.3, 0.4) is 0 Å². The van der Waals surface area contributed by atoms with E-state index in [9.17, 15) is 4.79 Å². The number of carbonyl (C=O) groups excluding carboxylic acids is 1. The molecule has 0 aliphatic heterocycles. The molecule has 11 heavy (non-hydrogen) atoms. The van der Waals surface area contributed by atoms with Gasteiger partial charge in [-0.3, -0.25) is 0 Å². The van der Waals surface area contributed by atoms with Crippen LogP contribution in [0.4, 0.5) is 4.79 Å². The van der Waals surface area contributed by atoms with Gasteiger partial charge in [0.1, 0.15) is 5.75 Å². The summed E-state index contributed by atoms with van der Waals surface area (Å²) in [5.74, 6) is 0.548. The molecule has 0 saturated carbocycles. The molecule has 1 amide bonds. The summed E-state index contributed by atoms with van der Waals surface area (Å²) >= 11 is 0. The summed E-state index contributed by atoms with van der Waals surface area (Å²) < 4.78 is 4.81. The molecule has 1 N–H and O–H groups in total. The molecule has 0 fully saturated rings. The summed E-state index contributed by atoms with van der Waals surface area (Å²) in [5.41, 5.74) is 0. The van der Waals surface area contributed by atoms with E-state index in [4.69, 9.17) is 4.74 Å². The molecular weight excluding hydrogens is 142 g/mol. The Kier molecular flexibility index (Phi) is 2.49. The molecule has 0 radical (unpaired) electrons. The average molecular weight is 153 g/mol. The Hall–Kier alpha value is -1.51. The van der Waals surface area contributed by atoms with Crippen LogP contribution in [0.2, 0.25) is 0 Å². The second-order valence-corrected chi connectivity index (χ2v) is 1.95. The lowest BCUT2D eigenvalue weighted by Gasteiger charge is -2.00. The Labute approximate surface area is 66.5 Å². The van der Waals surface area contributed by atoms with Crippen LogP contribution in [0.15, 0.2) is 30.3 Å². The van der Waals surface area contributed by atoms with Crippen LogP contribution in [0, 0.1) is 0 Å². The third-order valence-electron chi connectivity index (χ3n) is 1.16. The van der Waals surface area contributed by atoms with Crippen molar-refractivity contribution in [2.45, 2.75) is 0 Å². The maximum Gasteiger partial charge on any atom is 0.412 e. The monoisotopic (exact) mass is 153 g/mol. The maximum atomic E-state index is 10.6. The fourth-order valence-electron chi connectivity index (χ4n) is 0.647. The molecule has 0 aliphatic rings. The van der Waals surface area contributed by atoms with Crippen LogP contribution in [-0.2, 0) is 0 Å². The van der Waals surface area contributed by atoms with Crippen LogP contribution in [-0.4, -0.2) is 13.1 Å². The largest absolute Gasteiger partial charge is 0.412 e. The second-order valence-electron chi connectivity index (χ2n) is 1.95. The van der Waals surface area contributed by atoms with Crippen molar-refractivity contribution in [3.8, 4) is 5.75 Å². The first-order chi connectivity index (χ1) is 5.33. The van der Waals surface area contributed by atoms with Crippen LogP contribution in [0.25, 0.3) is 0 Å². The molecule has 60 valence electrons. The highest BCUT2D eigenvalue weighted by Crippen LogP contribution is 2.07. The minimum Gasteiger partial charge on any atom is -0.410 e. The third kappa shape index (κ3) is 2.29. The van der Waals surface area contributed by atoms with Crippen molar-refractivity contribution in [2.24, 2.45) is 0 Å². The molecule has 3 nitrogen and oxygen atoms in total. The Morgan fingerprint density at radius 1 is 1.45 bits per heavy atom. The van der Waals surface area contributed by atoms with E-state index in [2.05, 4.69) is 5.32 Å². The van der Waals surface area contributed by atoms with Gasteiger partial charge in [0, 0.05) is 8.47 Å². The van der Waals surface area contributed by atoms with Gasteiger partial charge in [0.15, 0.2) is 0 Å². The van der Waals surface area contributed by atoms with Gasteiger partial charge in [0.25, 0.3) is 0 Å². The topological polar surface area (TPSA) is 38.3 Å². The van der Waals surface area contributed by atoms with E-state index >= 15 is 0 Å². The van der Waals surface area contributed by atoms with Crippen molar-refractivity contribution in [3.63, 3.8) is 0 Å². The van der Waals surface area contributed by atoms with Crippen molar-refractivity contribution in [2.75, 3.05) is 7.05 Å². The van der Waals surface area contributed by atoms with Crippen LogP contribution in [0.5, 0.6) is 5.75 Å². The zero-order valence-corrected chi connectivity index (χ0v) is 6.20. The number of nitrogens with one attached hydrogen (secondary N) is 1. The fourth-order valence-corrected chi connectivity index (χ4v) is 0.647. The molecule has 0 bridgehead atoms. The Bertz CT molecular complexity index is 238. The summed E-state index contributed by atoms with van der Waals surface area (Å²) in [4.78, 5) is 10.6. The van der Waals surface area contributed by atoms with Crippen LogP contribution < -0.4 is 10.1 Å². The number of ether oxygens (including phenoxy) is 1. The molecule has 0 saturated heterocycles. The number of amides is 1. The molecule has 1 aromatic rings. The molecule has 0 spiro atoms. The maximum absolute atomic E-state index is 10.6. The number of benzene rings is 1. The second kappa shape index (κ2) is 3.61. The van der Waals surface area contributed by atoms with Gasteiger partial charge in [-0.1, -0.05) is 18.2 Å². The number of rotatable bonds is 1. The molecule has 0 aliphatic carbocycles. The molecule has 1 aromatic carbocycles. The van der Waals surface area contributed by atoms with E-state index < -0.39 is 6.09 Å². The Morgan fingerprint density at radius 3 is 2.64 bits per heavy atom. The standard InChI is InChI=1S/C8H9NO2.H2/c1-9-8(10)11-7-5-3-2-4-6-7;/h2-6H,1H3,(H,9,10);1H. The van der Waals surface area contributed by atoms with Crippen LogP contribution in [0.1, 0.15) is 1.43 Å². The van der Waals surface area contributed by atoms with Gasteiger partial charge in [-0.2, -0.15) is 0 Å². The first-order valence-electron chi connectivity index (χ1n) is 3.27. The fraction of sp³-hybridized carbons (Fsp3) is 0.125. The van der Waals surface area contributed by atoms with Gasteiger partial charge >= 0.3 is 6.09 Å². The smallest absolute Gasteiger partial charge is 0.410 e. The van der Waals surface area contributed by atoms with E-state index in [1.807, 2.05) is 6.07 Å². The van der Waals surface area contributed by atoms with E-state index in [0.717, 1.165) is 0 Å². The summed E-state index contributed by atoms with van der Waals surface area (Å²) in [7, 11) is 1.52. The predicted molar refractivity (Wildman–Crippen MR) is 43.6 cm³/mol. The van der Waals surface area contributed by atoms with Gasteiger partial charge in [-0.05, 0) is 12.1 Å². The average Bonchev–Trinajstić information content (AvgIpc) is 2.06.